The summed E-state index contributed by atoms with van der Waals surface area (Å²) in [5.41, 5.74) is 6.09. The molecule has 2 N–H and O–H groups in total. The van der Waals surface area contributed by atoms with Crippen molar-refractivity contribution in [3.8, 4) is 6.07 Å². The SMILES string of the molecule is N#Cc1ccc(S(=O)(=O)CCN2CCC(CN)C2)cc1. The fourth-order valence-corrected chi connectivity index (χ4v) is 3.70. The summed E-state index contributed by atoms with van der Waals surface area (Å²) in [5.74, 6) is 0.600. The van der Waals surface area contributed by atoms with Crippen molar-refractivity contribution in [1.82, 2.24) is 4.90 Å². The van der Waals surface area contributed by atoms with E-state index in [9.17, 15) is 8.42 Å². The van der Waals surface area contributed by atoms with E-state index in [0.717, 1.165) is 19.5 Å². The van der Waals surface area contributed by atoms with Crippen LogP contribution in [0.15, 0.2) is 29.2 Å². The molecule has 0 amide bonds. The van der Waals surface area contributed by atoms with Crippen molar-refractivity contribution in [3.05, 3.63) is 29.8 Å². The van der Waals surface area contributed by atoms with Crippen molar-refractivity contribution in [3.63, 3.8) is 0 Å². The number of hydrogen-bond acceptors (Lipinski definition) is 5. The number of nitrogens with zero attached hydrogens (tertiary/aromatic N) is 2. The van der Waals surface area contributed by atoms with Crippen molar-refractivity contribution >= 4 is 9.84 Å². The fraction of sp³-hybridized carbons (Fsp3) is 0.500. The first-order valence-electron chi connectivity index (χ1n) is 6.70. The zero-order chi connectivity index (χ0) is 14.6. The first-order chi connectivity index (χ1) is 9.55. The second-order valence-corrected chi connectivity index (χ2v) is 7.26. The van der Waals surface area contributed by atoms with Crippen molar-refractivity contribution < 1.29 is 8.42 Å². The van der Waals surface area contributed by atoms with Gasteiger partial charge in [0.2, 0.25) is 0 Å². The van der Waals surface area contributed by atoms with Crippen molar-refractivity contribution in [1.29, 1.82) is 5.26 Å². The van der Waals surface area contributed by atoms with Gasteiger partial charge in [0.05, 0.1) is 22.3 Å². The highest BCUT2D eigenvalue weighted by Crippen LogP contribution is 2.16. The van der Waals surface area contributed by atoms with Crippen molar-refractivity contribution in [2.45, 2.75) is 11.3 Å². The van der Waals surface area contributed by atoms with E-state index < -0.39 is 9.84 Å². The molecule has 6 heteroatoms. The van der Waals surface area contributed by atoms with E-state index in [1.165, 1.54) is 24.3 Å². The molecule has 5 nitrogen and oxygen atoms in total. The predicted octanol–water partition coefficient (Wildman–Crippen LogP) is 0.613. The Morgan fingerprint density at radius 1 is 1.35 bits per heavy atom. The molecule has 0 radical (unpaired) electrons. The van der Waals surface area contributed by atoms with Crippen LogP contribution in [0, 0.1) is 17.2 Å². The largest absolute Gasteiger partial charge is 0.330 e. The highest BCUT2D eigenvalue weighted by atomic mass is 32.2. The number of likely N-dealkylation sites (tertiary alicyclic amines) is 1. The van der Waals surface area contributed by atoms with Crippen LogP contribution in [0.1, 0.15) is 12.0 Å². The summed E-state index contributed by atoms with van der Waals surface area (Å²) in [6.07, 6.45) is 1.05. The van der Waals surface area contributed by atoms with Gasteiger partial charge in [0, 0.05) is 13.1 Å². The van der Waals surface area contributed by atoms with Crippen LogP contribution < -0.4 is 5.73 Å². The van der Waals surface area contributed by atoms with Crippen LogP contribution in [0.3, 0.4) is 0 Å². The molecule has 1 unspecified atom stereocenters. The second-order valence-electron chi connectivity index (χ2n) is 5.15. The van der Waals surface area contributed by atoms with E-state index >= 15 is 0 Å². The van der Waals surface area contributed by atoms with Gasteiger partial charge in [-0.1, -0.05) is 0 Å². The Morgan fingerprint density at radius 2 is 2.05 bits per heavy atom. The topological polar surface area (TPSA) is 87.2 Å². The molecule has 1 fully saturated rings. The molecular formula is C14H19N3O2S. The van der Waals surface area contributed by atoms with Crippen LogP contribution in [0.4, 0.5) is 0 Å². The quantitative estimate of drug-likeness (QED) is 0.859. The first-order valence-corrected chi connectivity index (χ1v) is 8.36. The summed E-state index contributed by atoms with van der Waals surface area (Å²) in [7, 11) is -3.28. The van der Waals surface area contributed by atoms with Gasteiger partial charge in [0.25, 0.3) is 0 Å². The Kier molecular flexibility index (Phi) is 4.76. The van der Waals surface area contributed by atoms with E-state index in [1.54, 1.807) is 0 Å². The number of nitrogens with two attached hydrogens (primary N) is 1. The minimum absolute atomic E-state index is 0.107. The molecule has 0 spiro atoms. The third kappa shape index (κ3) is 3.57. The molecule has 1 heterocycles. The highest BCUT2D eigenvalue weighted by molar-refractivity contribution is 7.91. The minimum Gasteiger partial charge on any atom is -0.330 e. The molecule has 1 saturated heterocycles. The molecule has 0 bridgehead atoms. The van der Waals surface area contributed by atoms with Crippen LogP contribution in [0.2, 0.25) is 0 Å². The maximum Gasteiger partial charge on any atom is 0.179 e. The number of sulfone groups is 1. The Hall–Kier alpha value is -1.42. The van der Waals surface area contributed by atoms with Crippen LogP contribution in [-0.4, -0.2) is 45.2 Å². The zero-order valence-corrected chi connectivity index (χ0v) is 12.1. The lowest BCUT2D eigenvalue weighted by molar-refractivity contribution is 0.344. The molecule has 2 rings (SSSR count). The minimum atomic E-state index is -3.28. The van der Waals surface area contributed by atoms with Crippen LogP contribution in [0.25, 0.3) is 0 Å². The molecule has 1 aliphatic heterocycles. The highest BCUT2D eigenvalue weighted by Gasteiger charge is 2.23. The Balaban J connectivity index is 1.95. The maximum atomic E-state index is 12.2. The molecule has 1 aromatic rings. The first kappa shape index (κ1) is 15.0. The van der Waals surface area contributed by atoms with E-state index in [4.69, 9.17) is 11.0 Å². The molecule has 1 atom stereocenters. The van der Waals surface area contributed by atoms with Gasteiger partial charge >= 0.3 is 0 Å². The van der Waals surface area contributed by atoms with Gasteiger partial charge in [0.15, 0.2) is 9.84 Å². The molecular weight excluding hydrogens is 274 g/mol. The Morgan fingerprint density at radius 3 is 2.60 bits per heavy atom. The molecule has 0 saturated carbocycles. The van der Waals surface area contributed by atoms with Gasteiger partial charge in [-0.3, -0.25) is 0 Å². The van der Waals surface area contributed by atoms with Gasteiger partial charge in [-0.2, -0.15) is 5.26 Å². The summed E-state index contributed by atoms with van der Waals surface area (Å²) in [5, 5.41) is 8.71. The summed E-state index contributed by atoms with van der Waals surface area (Å²) in [4.78, 5) is 2.43. The van der Waals surface area contributed by atoms with Gasteiger partial charge < -0.3 is 10.6 Å². The van der Waals surface area contributed by atoms with Crippen LogP contribution in [-0.2, 0) is 9.84 Å². The maximum absolute atomic E-state index is 12.2. The third-order valence-corrected chi connectivity index (χ3v) is 5.43. The molecule has 1 aliphatic rings. The second kappa shape index (κ2) is 6.35. The van der Waals surface area contributed by atoms with E-state index in [2.05, 4.69) is 4.90 Å². The van der Waals surface area contributed by atoms with Gasteiger partial charge in [-0.15, -0.1) is 0 Å². The molecule has 20 heavy (non-hydrogen) atoms. The number of benzene rings is 1. The average Bonchev–Trinajstić information content (AvgIpc) is 2.93. The van der Waals surface area contributed by atoms with E-state index in [-0.39, 0.29) is 10.6 Å². The average molecular weight is 293 g/mol. The molecule has 1 aromatic carbocycles. The lowest BCUT2D eigenvalue weighted by Crippen LogP contribution is -2.28. The summed E-state index contributed by atoms with van der Waals surface area (Å²) in [6.45, 7) is 3.02. The summed E-state index contributed by atoms with van der Waals surface area (Å²) < 4.78 is 24.4. The van der Waals surface area contributed by atoms with Gasteiger partial charge in [-0.25, -0.2) is 8.42 Å². The monoisotopic (exact) mass is 293 g/mol. The van der Waals surface area contributed by atoms with E-state index in [0.29, 0.717) is 24.6 Å². The number of nitriles is 1. The van der Waals surface area contributed by atoms with Gasteiger partial charge in [-0.05, 0) is 49.7 Å². The Bertz CT molecular complexity index is 590. The normalized spacial score (nSPS) is 19.9. The van der Waals surface area contributed by atoms with E-state index in [1.807, 2.05) is 6.07 Å². The smallest absolute Gasteiger partial charge is 0.179 e. The molecule has 0 aromatic heterocycles. The van der Waals surface area contributed by atoms with Crippen molar-refractivity contribution in [2.24, 2.45) is 11.7 Å². The van der Waals surface area contributed by atoms with Crippen LogP contribution >= 0.6 is 0 Å². The third-order valence-electron chi connectivity index (χ3n) is 3.72. The zero-order valence-electron chi connectivity index (χ0n) is 11.3. The lowest BCUT2D eigenvalue weighted by Gasteiger charge is -2.15. The predicted molar refractivity (Wildman–Crippen MR) is 76.8 cm³/mol. The van der Waals surface area contributed by atoms with Crippen molar-refractivity contribution in [2.75, 3.05) is 31.9 Å². The standard InChI is InChI=1S/C14H19N3O2S/c15-9-12-1-3-14(4-2-12)20(18,19)8-7-17-6-5-13(10-16)11-17/h1-4,13H,5-8,10-11,16H2. The molecule has 108 valence electrons. The van der Waals surface area contributed by atoms with Crippen LogP contribution in [0.5, 0.6) is 0 Å². The fourth-order valence-electron chi connectivity index (χ4n) is 2.41. The summed E-state index contributed by atoms with van der Waals surface area (Å²) >= 11 is 0. The number of rotatable bonds is 5. The molecule has 0 aliphatic carbocycles. The number of hydrogen-bond donors (Lipinski definition) is 1. The Labute approximate surface area is 119 Å². The summed E-state index contributed by atoms with van der Waals surface area (Å²) in [6, 6.07) is 8.05. The van der Waals surface area contributed by atoms with Gasteiger partial charge in [0.1, 0.15) is 0 Å². The lowest BCUT2D eigenvalue weighted by atomic mass is 10.1.